The molecule has 0 aromatic carbocycles. The molecular weight excluding hydrogens is 160 g/mol. The van der Waals surface area contributed by atoms with E-state index < -0.39 is 0 Å². The number of hydrogen-bond acceptors (Lipinski definition) is 0. The first-order valence-corrected chi connectivity index (χ1v) is 5.05. The van der Waals surface area contributed by atoms with Crippen LogP contribution in [-0.4, -0.2) is 13.6 Å². The maximum Gasteiger partial charge on any atom is 0.177 e. The molecule has 2 unspecified atom stereocenters. The van der Waals surface area contributed by atoms with Crippen LogP contribution in [0.15, 0.2) is 24.5 Å². The average Bonchev–Trinajstić information content (AvgIpc) is 2.51. The van der Waals surface area contributed by atoms with E-state index in [1.165, 1.54) is 24.9 Å². The predicted molar refractivity (Wildman–Crippen MR) is 51.3 cm³/mol. The van der Waals surface area contributed by atoms with E-state index in [9.17, 15) is 0 Å². The van der Waals surface area contributed by atoms with Crippen LogP contribution in [0.3, 0.4) is 0 Å². The van der Waals surface area contributed by atoms with E-state index in [1.807, 2.05) is 0 Å². The number of aryl methyl sites for hydroxylation is 1. The highest BCUT2D eigenvalue weighted by atomic mass is 15.1. The Hall–Kier alpha value is -0.890. The summed E-state index contributed by atoms with van der Waals surface area (Å²) in [6.45, 7) is 1.32. The second kappa shape index (κ2) is 3.46. The van der Waals surface area contributed by atoms with E-state index in [2.05, 4.69) is 43.2 Å². The molecule has 1 saturated heterocycles. The lowest BCUT2D eigenvalue weighted by atomic mass is 10.1. The van der Waals surface area contributed by atoms with Gasteiger partial charge >= 0.3 is 0 Å². The Morgan fingerprint density at radius 1 is 1.54 bits per heavy atom. The van der Waals surface area contributed by atoms with Crippen LogP contribution in [0.25, 0.3) is 0 Å². The van der Waals surface area contributed by atoms with Crippen molar-refractivity contribution in [3.8, 4) is 0 Å². The molecular formula is C11H18N2+2. The minimum Gasteiger partial charge on any atom is -0.331 e. The van der Waals surface area contributed by atoms with Gasteiger partial charge in [0.1, 0.15) is 13.1 Å². The van der Waals surface area contributed by atoms with Crippen molar-refractivity contribution in [2.24, 2.45) is 7.05 Å². The minimum absolute atomic E-state index is 0.729. The fourth-order valence-corrected chi connectivity index (χ4v) is 2.27. The molecule has 0 aliphatic carbocycles. The van der Waals surface area contributed by atoms with Gasteiger partial charge in [-0.1, -0.05) is 0 Å². The van der Waals surface area contributed by atoms with Gasteiger partial charge in [-0.05, 0) is 6.07 Å². The number of nitrogens with one attached hydrogen (secondary N) is 1. The van der Waals surface area contributed by atoms with Gasteiger partial charge < -0.3 is 4.90 Å². The summed E-state index contributed by atoms with van der Waals surface area (Å²) in [5, 5.41) is 0. The summed E-state index contributed by atoms with van der Waals surface area (Å²) in [7, 11) is 4.39. The highest BCUT2D eigenvalue weighted by Crippen LogP contribution is 2.16. The minimum atomic E-state index is 0.729. The van der Waals surface area contributed by atoms with Gasteiger partial charge in [0.05, 0.1) is 19.2 Å². The summed E-state index contributed by atoms with van der Waals surface area (Å²) >= 11 is 0. The van der Waals surface area contributed by atoms with E-state index in [0.717, 1.165) is 6.04 Å². The second-order valence-corrected chi connectivity index (χ2v) is 4.09. The monoisotopic (exact) mass is 178 g/mol. The third-order valence-electron chi connectivity index (χ3n) is 3.02. The van der Waals surface area contributed by atoms with Gasteiger partial charge in [0, 0.05) is 18.9 Å². The Morgan fingerprint density at radius 2 is 2.38 bits per heavy atom. The van der Waals surface area contributed by atoms with Crippen LogP contribution in [0.5, 0.6) is 0 Å². The third-order valence-corrected chi connectivity index (χ3v) is 3.02. The van der Waals surface area contributed by atoms with Crippen LogP contribution in [-0.2, 0) is 7.05 Å². The van der Waals surface area contributed by atoms with E-state index in [-0.39, 0.29) is 0 Å². The third kappa shape index (κ3) is 1.73. The highest BCUT2D eigenvalue weighted by Gasteiger charge is 2.27. The number of rotatable bonds is 1. The van der Waals surface area contributed by atoms with Crippen molar-refractivity contribution >= 4 is 0 Å². The summed E-state index contributed by atoms with van der Waals surface area (Å²) in [6, 6.07) is 5.12. The molecule has 0 bridgehead atoms. The smallest absolute Gasteiger partial charge is 0.177 e. The molecule has 1 N–H and O–H groups in total. The second-order valence-electron chi connectivity index (χ2n) is 4.09. The lowest BCUT2D eigenvalue weighted by Crippen LogP contribution is -3.07. The fourth-order valence-electron chi connectivity index (χ4n) is 2.27. The zero-order chi connectivity index (χ0) is 9.26. The first kappa shape index (κ1) is 8.70. The lowest BCUT2D eigenvalue weighted by molar-refractivity contribution is -0.898. The van der Waals surface area contributed by atoms with Gasteiger partial charge in [-0.3, -0.25) is 0 Å². The largest absolute Gasteiger partial charge is 0.331 e. The number of quaternary nitrogens is 1. The SMILES string of the molecule is C[n+]1cccc(C2CCC[NH+]2C)c1. The molecule has 2 atom stereocenters. The molecule has 0 amide bonds. The van der Waals surface area contributed by atoms with Crippen LogP contribution in [0, 0.1) is 0 Å². The van der Waals surface area contributed by atoms with Crippen molar-refractivity contribution < 1.29 is 9.47 Å². The van der Waals surface area contributed by atoms with Crippen molar-refractivity contribution in [2.45, 2.75) is 18.9 Å². The van der Waals surface area contributed by atoms with Gasteiger partial charge in [-0.25, -0.2) is 4.57 Å². The summed E-state index contributed by atoms with van der Waals surface area (Å²) < 4.78 is 2.14. The van der Waals surface area contributed by atoms with Crippen molar-refractivity contribution in [3.05, 3.63) is 30.1 Å². The van der Waals surface area contributed by atoms with Crippen molar-refractivity contribution in [3.63, 3.8) is 0 Å². The maximum atomic E-state index is 2.30. The summed E-state index contributed by atoms with van der Waals surface area (Å²) in [5.41, 5.74) is 1.49. The zero-order valence-corrected chi connectivity index (χ0v) is 8.46. The van der Waals surface area contributed by atoms with E-state index in [1.54, 1.807) is 4.90 Å². The molecule has 0 spiro atoms. The van der Waals surface area contributed by atoms with E-state index >= 15 is 0 Å². The van der Waals surface area contributed by atoms with Crippen LogP contribution in [0.1, 0.15) is 24.4 Å². The topological polar surface area (TPSA) is 8.32 Å². The van der Waals surface area contributed by atoms with Crippen LogP contribution in [0.4, 0.5) is 0 Å². The fraction of sp³-hybridized carbons (Fsp3) is 0.545. The number of aromatic nitrogens is 1. The highest BCUT2D eigenvalue weighted by molar-refractivity contribution is 5.09. The van der Waals surface area contributed by atoms with Gasteiger partial charge in [-0.2, -0.15) is 0 Å². The summed E-state index contributed by atoms with van der Waals surface area (Å²) in [4.78, 5) is 1.66. The first-order chi connectivity index (χ1) is 6.27. The van der Waals surface area contributed by atoms with Crippen LogP contribution >= 0.6 is 0 Å². The van der Waals surface area contributed by atoms with Crippen LogP contribution < -0.4 is 9.47 Å². The van der Waals surface area contributed by atoms with Crippen LogP contribution in [0.2, 0.25) is 0 Å². The predicted octanol–water partition coefficient (Wildman–Crippen LogP) is -0.139. The lowest BCUT2D eigenvalue weighted by Gasteiger charge is -2.15. The van der Waals surface area contributed by atoms with Crippen molar-refractivity contribution in [1.29, 1.82) is 0 Å². The standard InChI is InChI=1S/C11H17N2/c1-12-7-3-5-10(9-12)11-6-4-8-13(11)2/h3,5,7,9,11H,4,6,8H2,1-2H3/q+1/p+1. The number of pyridine rings is 1. The molecule has 1 aromatic heterocycles. The number of nitrogens with zero attached hydrogens (tertiary/aromatic N) is 1. The number of likely N-dealkylation sites (tertiary alicyclic amines) is 1. The normalized spacial score (nSPS) is 27.8. The van der Waals surface area contributed by atoms with Crippen molar-refractivity contribution in [2.75, 3.05) is 13.6 Å². The molecule has 1 aliphatic rings. The summed E-state index contributed by atoms with van der Waals surface area (Å²) in [5.74, 6) is 0. The van der Waals surface area contributed by atoms with Gasteiger partial charge in [-0.15, -0.1) is 0 Å². The average molecular weight is 178 g/mol. The quantitative estimate of drug-likeness (QED) is 0.573. The first-order valence-electron chi connectivity index (χ1n) is 5.05. The zero-order valence-electron chi connectivity index (χ0n) is 8.46. The molecule has 0 saturated carbocycles. The molecule has 2 rings (SSSR count). The molecule has 0 radical (unpaired) electrons. The molecule has 70 valence electrons. The Balaban J connectivity index is 2.24. The number of hydrogen-bond donors (Lipinski definition) is 1. The van der Waals surface area contributed by atoms with Crippen molar-refractivity contribution in [1.82, 2.24) is 0 Å². The molecule has 2 nitrogen and oxygen atoms in total. The Morgan fingerprint density at radius 3 is 3.00 bits per heavy atom. The van der Waals surface area contributed by atoms with Gasteiger partial charge in [0.2, 0.25) is 0 Å². The molecule has 13 heavy (non-hydrogen) atoms. The van der Waals surface area contributed by atoms with E-state index in [0.29, 0.717) is 0 Å². The summed E-state index contributed by atoms with van der Waals surface area (Å²) in [6.07, 6.45) is 7.05. The van der Waals surface area contributed by atoms with E-state index in [4.69, 9.17) is 0 Å². The Labute approximate surface area is 79.8 Å². The van der Waals surface area contributed by atoms with Gasteiger partial charge in [0.15, 0.2) is 12.4 Å². The molecule has 2 heteroatoms. The molecule has 1 aliphatic heterocycles. The Kier molecular flexibility index (Phi) is 2.32. The molecule has 2 heterocycles. The Bertz CT molecular complexity index is 296. The van der Waals surface area contributed by atoms with Gasteiger partial charge in [0.25, 0.3) is 0 Å². The molecule has 1 aromatic rings. The molecule has 1 fully saturated rings. The maximum absolute atomic E-state index is 2.30.